The first-order valence-electron chi connectivity index (χ1n) is 9.40. The van der Waals surface area contributed by atoms with Gasteiger partial charge in [-0.05, 0) is 67.1 Å². The molecule has 4 aliphatic rings. The topological polar surface area (TPSA) is 79.2 Å². The minimum atomic E-state index is -0.451. The number of carbonyl (C=O) groups is 2. The zero-order chi connectivity index (χ0) is 16.8. The fraction of sp³-hybridized carbons (Fsp3) is 0.842. The second-order valence-electron chi connectivity index (χ2n) is 8.38. The van der Waals surface area contributed by atoms with Crippen LogP contribution in [0.4, 0.5) is 0 Å². The summed E-state index contributed by atoms with van der Waals surface area (Å²) in [7, 11) is 0. The maximum absolute atomic E-state index is 12.6. The molecule has 8 unspecified atom stereocenters. The van der Waals surface area contributed by atoms with Crippen LogP contribution in [0.15, 0.2) is 0 Å². The van der Waals surface area contributed by atoms with E-state index in [1.807, 2.05) is 6.07 Å². The van der Waals surface area contributed by atoms with Crippen molar-refractivity contribution in [1.82, 2.24) is 5.32 Å². The zero-order valence-corrected chi connectivity index (χ0v) is 14.2. The highest BCUT2D eigenvalue weighted by atomic mass is 16.5. The van der Waals surface area contributed by atoms with Crippen molar-refractivity contribution in [3.63, 3.8) is 0 Å². The minimum Gasteiger partial charge on any atom is -0.463 e. The van der Waals surface area contributed by atoms with E-state index in [0.717, 1.165) is 41.9 Å². The van der Waals surface area contributed by atoms with Crippen LogP contribution in [0.25, 0.3) is 0 Å². The summed E-state index contributed by atoms with van der Waals surface area (Å²) in [5.41, 5.74) is 0. The summed E-state index contributed by atoms with van der Waals surface area (Å²) in [6.45, 7) is 2.44. The fourth-order valence-electron chi connectivity index (χ4n) is 6.78. The molecule has 130 valence electrons. The summed E-state index contributed by atoms with van der Waals surface area (Å²) >= 11 is 0. The quantitative estimate of drug-likeness (QED) is 0.476. The molecule has 4 bridgehead atoms. The van der Waals surface area contributed by atoms with Crippen LogP contribution in [-0.2, 0) is 14.3 Å². The Morgan fingerprint density at radius 3 is 2.62 bits per heavy atom. The number of hydrogen-bond acceptors (Lipinski definition) is 4. The first kappa shape index (κ1) is 15.9. The molecule has 4 fully saturated rings. The van der Waals surface area contributed by atoms with E-state index in [-0.39, 0.29) is 31.4 Å². The number of rotatable bonds is 5. The predicted octanol–water partition coefficient (Wildman–Crippen LogP) is 2.12. The Hall–Kier alpha value is -1.57. The van der Waals surface area contributed by atoms with E-state index in [0.29, 0.717) is 5.92 Å². The Morgan fingerprint density at radius 2 is 1.83 bits per heavy atom. The van der Waals surface area contributed by atoms with Crippen molar-refractivity contribution in [3.05, 3.63) is 0 Å². The first-order chi connectivity index (χ1) is 11.6. The Bertz CT molecular complexity index is 584. The van der Waals surface area contributed by atoms with Crippen LogP contribution in [0, 0.1) is 58.7 Å². The molecule has 0 aromatic rings. The average molecular weight is 330 g/mol. The summed E-state index contributed by atoms with van der Waals surface area (Å²) in [6.07, 6.45) is 5.17. The Balaban J connectivity index is 1.31. The van der Waals surface area contributed by atoms with Gasteiger partial charge in [-0.3, -0.25) is 9.59 Å². The first-order valence-corrected chi connectivity index (χ1v) is 9.40. The van der Waals surface area contributed by atoms with Gasteiger partial charge in [-0.25, -0.2) is 0 Å². The number of amides is 1. The lowest BCUT2D eigenvalue weighted by Crippen LogP contribution is -2.42. The van der Waals surface area contributed by atoms with Crippen LogP contribution in [0.2, 0.25) is 0 Å². The van der Waals surface area contributed by atoms with Crippen LogP contribution in [0.1, 0.15) is 39.0 Å². The van der Waals surface area contributed by atoms with Gasteiger partial charge in [-0.15, -0.1) is 0 Å². The Kier molecular flexibility index (Phi) is 4.02. The molecule has 4 saturated carbocycles. The Morgan fingerprint density at radius 1 is 1.12 bits per heavy atom. The lowest BCUT2D eigenvalue weighted by atomic mass is 9.65. The maximum atomic E-state index is 12.6. The SMILES string of the molecule is CC1CC2CC1C1C3CC(C(=O)NCC(=O)OCCC#N)C(C3)C21. The monoisotopic (exact) mass is 330 g/mol. The van der Waals surface area contributed by atoms with Crippen LogP contribution < -0.4 is 5.32 Å². The summed E-state index contributed by atoms with van der Waals surface area (Å²) in [5.74, 6) is 5.23. The maximum Gasteiger partial charge on any atom is 0.325 e. The molecule has 24 heavy (non-hydrogen) atoms. The molecule has 0 radical (unpaired) electrons. The average Bonchev–Trinajstić information content (AvgIpc) is 3.30. The number of carbonyl (C=O) groups excluding carboxylic acids is 2. The summed E-state index contributed by atoms with van der Waals surface area (Å²) in [5, 5.41) is 11.2. The van der Waals surface area contributed by atoms with Crippen LogP contribution in [0.3, 0.4) is 0 Å². The number of esters is 1. The highest BCUT2D eigenvalue weighted by molar-refractivity contribution is 5.84. The van der Waals surface area contributed by atoms with Gasteiger partial charge < -0.3 is 10.1 Å². The molecule has 5 nitrogen and oxygen atoms in total. The molecule has 0 heterocycles. The van der Waals surface area contributed by atoms with Gasteiger partial charge in [0.2, 0.25) is 5.91 Å². The highest BCUT2D eigenvalue weighted by Gasteiger charge is 2.64. The Labute approximate surface area is 143 Å². The number of fused-ring (bicyclic) bond motifs is 9. The largest absolute Gasteiger partial charge is 0.463 e. The third-order valence-corrected chi connectivity index (χ3v) is 7.37. The molecule has 4 rings (SSSR count). The van der Waals surface area contributed by atoms with Crippen molar-refractivity contribution in [2.45, 2.75) is 39.0 Å². The molecule has 0 spiro atoms. The van der Waals surface area contributed by atoms with Crippen molar-refractivity contribution < 1.29 is 14.3 Å². The van der Waals surface area contributed by atoms with Crippen molar-refractivity contribution >= 4 is 11.9 Å². The predicted molar refractivity (Wildman–Crippen MR) is 86.3 cm³/mol. The van der Waals surface area contributed by atoms with E-state index in [1.54, 1.807) is 0 Å². The summed E-state index contributed by atoms with van der Waals surface area (Å²) in [6, 6.07) is 1.92. The summed E-state index contributed by atoms with van der Waals surface area (Å²) < 4.78 is 4.90. The van der Waals surface area contributed by atoms with Gasteiger partial charge in [-0.1, -0.05) is 6.92 Å². The van der Waals surface area contributed by atoms with Crippen LogP contribution in [0.5, 0.6) is 0 Å². The van der Waals surface area contributed by atoms with Crippen LogP contribution >= 0.6 is 0 Å². The van der Waals surface area contributed by atoms with Gasteiger partial charge in [0, 0.05) is 5.92 Å². The van der Waals surface area contributed by atoms with Gasteiger partial charge in [0.25, 0.3) is 0 Å². The van der Waals surface area contributed by atoms with E-state index in [2.05, 4.69) is 12.2 Å². The van der Waals surface area contributed by atoms with Crippen molar-refractivity contribution in [3.8, 4) is 6.07 Å². The normalized spacial score (nSPS) is 44.2. The third kappa shape index (κ3) is 2.42. The lowest BCUT2D eigenvalue weighted by Gasteiger charge is -2.40. The highest BCUT2D eigenvalue weighted by Crippen LogP contribution is 2.69. The van der Waals surface area contributed by atoms with E-state index in [1.165, 1.54) is 19.3 Å². The standard InChI is InChI=1S/C19H26N2O3/c1-10-5-11-6-13(10)17-12-7-14(18(11)17)15(8-12)19(23)21-9-16(22)24-4-2-3-20/h10-15,17-18H,2,4-9H2,1H3,(H,21,23). The van der Waals surface area contributed by atoms with Crippen molar-refractivity contribution in [2.75, 3.05) is 13.2 Å². The smallest absolute Gasteiger partial charge is 0.325 e. The number of nitrogens with one attached hydrogen (secondary N) is 1. The zero-order valence-electron chi connectivity index (χ0n) is 14.2. The summed E-state index contributed by atoms with van der Waals surface area (Å²) in [4.78, 5) is 24.1. The van der Waals surface area contributed by atoms with Gasteiger partial charge in [0.15, 0.2) is 0 Å². The number of nitrogens with zero attached hydrogens (tertiary/aromatic N) is 1. The van der Waals surface area contributed by atoms with Gasteiger partial charge >= 0.3 is 5.97 Å². The van der Waals surface area contributed by atoms with Gasteiger partial charge in [0.1, 0.15) is 13.2 Å². The molecule has 0 aromatic carbocycles. The third-order valence-electron chi connectivity index (χ3n) is 7.37. The lowest BCUT2D eigenvalue weighted by molar-refractivity contribution is -0.144. The molecule has 0 saturated heterocycles. The van der Waals surface area contributed by atoms with Gasteiger partial charge in [-0.2, -0.15) is 5.26 Å². The van der Waals surface area contributed by atoms with E-state index in [4.69, 9.17) is 10.00 Å². The second kappa shape index (κ2) is 6.06. The molecule has 5 heteroatoms. The molecular formula is C19H26N2O3. The van der Waals surface area contributed by atoms with E-state index < -0.39 is 5.97 Å². The fourth-order valence-corrected chi connectivity index (χ4v) is 6.78. The number of nitriles is 1. The molecule has 4 aliphatic carbocycles. The molecule has 1 N–H and O–H groups in total. The van der Waals surface area contributed by atoms with Gasteiger partial charge in [0.05, 0.1) is 12.5 Å². The molecule has 0 aliphatic heterocycles. The van der Waals surface area contributed by atoms with E-state index >= 15 is 0 Å². The van der Waals surface area contributed by atoms with Crippen molar-refractivity contribution in [1.29, 1.82) is 5.26 Å². The van der Waals surface area contributed by atoms with Crippen LogP contribution in [-0.4, -0.2) is 25.0 Å². The number of ether oxygens (including phenoxy) is 1. The minimum absolute atomic E-state index is 0.0361. The molecule has 8 atom stereocenters. The second-order valence-corrected chi connectivity index (χ2v) is 8.38. The molecule has 0 aromatic heterocycles. The van der Waals surface area contributed by atoms with E-state index in [9.17, 15) is 9.59 Å². The van der Waals surface area contributed by atoms with Crippen molar-refractivity contribution in [2.24, 2.45) is 47.3 Å². The molecular weight excluding hydrogens is 304 g/mol. The number of hydrogen-bond donors (Lipinski definition) is 1. The molecule has 1 amide bonds.